The van der Waals surface area contributed by atoms with Gasteiger partial charge in [0.1, 0.15) is 16.6 Å². The quantitative estimate of drug-likeness (QED) is 0.324. The van der Waals surface area contributed by atoms with Gasteiger partial charge in [-0.15, -0.1) is 0 Å². The highest BCUT2D eigenvalue weighted by molar-refractivity contribution is 7.05. The van der Waals surface area contributed by atoms with Gasteiger partial charge < -0.3 is 5.32 Å². The van der Waals surface area contributed by atoms with E-state index in [1.54, 1.807) is 37.0 Å². The van der Waals surface area contributed by atoms with Crippen LogP contribution in [0.5, 0.6) is 0 Å². The van der Waals surface area contributed by atoms with Crippen LogP contribution in [-0.4, -0.2) is 33.3 Å². The van der Waals surface area contributed by atoms with E-state index < -0.39 is 35.4 Å². The highest BCUT2D eigenvalue weighted by atomic mass is 35.5. The Bertz CT molecular complexity index is 1800. The molecule has 10 nitrogen and oxygen atoms in total. The lowest BCUT2D eigenvalue weighted by Gasteiger charge is -2.16. The van der Waals surface area contributed by atoms with Crippen molar-refractivity contribution in [1.82, 2.24) is 33.3 Å². The molecule has 0 unspecified atom stereocenters. The highest BCUT2D eigenvalue weighted by Gasteiger charge is 2.19. The van der Waals surface area contributed by atoms with Gasteiger partial charge in [0, 0.05) is 30.3 Å². The van der Waals surface area contributed by atoms with Crippen molar-refractivity contribution in [3.8, 4) is 0 Å². The maximum atomic E-state index is 14.5. The normalized spacial score (nSPS) is 11.4. The van der Waals surface area contributed by atoms with E-state index in [1.165, 1.54) is 0 Å². The molecule has 0 bridgehead atoms. The molecule has 190 valence electrons. The minimum atomic E-state index is -1.38. The van der Waals surface area contributed by atoms with Gasteiger partial charge in [0.25, 0.3) is 0 Å². The molecule has 0 saturated heterocycles. The standard InChI is InChI=1S/C22H16ClF3N8O2S/c1-10-27-19(37-31-10)9-34-21(35)29-20(28-18-4-12-7-32(2)30-17(12)5-13(18)23)33(22(34)36)8-11-3-15(25)16(26)6-14(11)24/h3-7H,8-9H2,1-2H3,(H,28,29,35). The van der Waals surface area contributed by atoms with E-state index in [2.05, 4.69) is 24.8 Å². The number of hydrogen-bond acceptors (Lipinski definition) is 8. The predicted molar refractivity (Wildman–Crippen MR) is 131 cm³/mol. The van der Waals surface area contributed by atoms with E-state index >= 15 is 0 Å². The van der Waals surface area contributed by atoms with Crippen LogP contribution in [0, 0.1) is 24.4 Å². The van der Waals surface area contributed by atoms with E-state index in [-0.39, 0.29) is 28.8 Å². The fraction of sp³-hybridized carbons (Fsp3) is 0.182. The minimum Gasteiger partial charge on any atom is -0.324 e. The fourth-order valence-electron chi connectivity index (χ4n) is 3.68. The van der Waals surface area contributed by atoms with Gasteiger partial charge in [-0.1, -0.05) is 11.6 Å². The topological polar surface area (TPSA) is 113 Å². The summed E-state index contributed by atoms with van der Waals surface area (Å²) in [4.78, 5) is 34.4. The molecule has 0 atom stereocenters. The molecule has 1 N–H and O–H groups in total. The molecule has 0 fully saturated rings. The zero-order valence-electron chi connectivity index (χ0n) is 19.2. The maximum absolute atomic E-state index is 14.5. The van der Waals surface area contributed by atoms with Crippen molar-refractivity contribution in [1.29, 1.82) is 0 Å². The van der Waals surface area contributed by atoms with E-state index in [9.17, 15) is 22.8 Å². The first-order chi connectivity index (χ1) is 17.6. The highest BCUT2D eigenvalue weighted by Crippen LogP contribution is 2.29. The molecule has 0 aliphatic rings. The first kappa shape index (κ1) is 24.6. The third-order valence-corrected chi connectivity index (χ3v) is 6.48. The van der Waals surface area contributed by atoms with E-state index in [0.29, 0.717) is 33.9 Å². The second kappa shape index (κ2) is 9.44. The monoisotopic (exact) mass is 548 g/mol. The molecule has 2 aromatic carbocycles. The first-order valence-electron chi connectivity index (χ1n) is 10.6. The fourth-order valence-corrected chi connectivity index (χ4v) is 4.53. The van der Waals surface area contributed by atoms with E-state index in [0.717, 1.165) is 20.7 Å². The number of anilines is 2. The van der Waals surface area contributed by atoms with Crippen LogP contribution in [0.4, 0.5) is 24.8 Å². The summed E-state index contributed by atoms with van der Waals surface area (Å²) in [5.41, 5.74) is -1.25. The van der Waals surface area contributed by atoms with Gasteiger partial charge in [-0.3, -0.25) is 9.25 Å². The van der Waals surface area contributed by atoms with Gasteiger partial charge in [-0.2, -0.15) is 14.5 Å². The lowest BCUT2D eigenvalue weighted by molar-refractivity contribution is 0.485. The van der Waals surface area contributed by atoms with Crippen LogP contribution < -0.4 is 16.7 Å². The molecule has 0 aliphatic heterocycles. The third-order valence-electron chi connectivity index (χ3n) is 5.38. The maximum Gasteiger partial charge on any atom is 0.355 e. The van der Waals surface area contributed by atoms with Gasteiger partial charge in [-0.25, -0.2) is 32.3 Å². The number of rotatable bonds is 6. The summed E-state index contributed by atoms with van der Waals surface area (Å²) in [6.07, 6.45) is 1.73. The number of nitrogens with one attached hydrogen (secondary N) is 1. The molecule has 3 heterocycles. The van der Waals surface area contributed by atoms with E-state index in [1.807, 2.05) is 0 Å². The lowest BCUT2D eigenvalue weighted by atomic mass is 10.2. The van der Waals surface area contributed by atoms with Gasteiger partial charge in [-0.05, 0) is 36.7 Å². The van der Waals surface area contributed by atoms with Crippen molar-refractivity contribution in [2.24, 2.45) is 7.05 Å². The van der Waals surface area contributed by atoms with Crippen LogP contribution in [0.25, 0.3) is 10.9 Å². The molecule has 0 saturated carbocycles. The molecule has 3 aromatic heterocycles. The van der Waals surface area contributed by atoms with Crippen molar-refractivity contribution in [3.63, 3.8) is 0 Å². The van der Waals surface area contributed by atoms with Gasteiger partial charge in [0.2, 0.25) is 5.95 Å². The van der Waals surface area contributed by atoms with Crippen molar-refractivity contribution >= 4 is 45.7 Å². The van der Waals surface area contributed by atoms with Gasteiger partial charge in [0.05, 0.1) is 29.3 Å². The smallest absolute Gasteiger partial charge is 0.324 e. The molecule has 0 amide bonds. The van der Waals surface area contributed by atoms with Crippen LogP contribution >= 0.6 is 23.1 Å². The van der Waals surface area contributed by atoms with Crippen LogP contribution in [0.15, 0.2) is 40.1 Å². The molecular formula is C22H16ClF3N8O2S. The minimum absolute atomic E-state index is 0.208. The second-order valence-corrected chi connectivity index (χ2v) is 9.33. The molecule has 5 rings (SSSR count). The van der Waals surface area contributed by atoms with Crippen molar-refractivity contribution in [3.05, 3.63) is 90.3 Å². The van der Waals surface area contributed by atoms with Crippen LogP contribution in [0.3, 0.4) is 0 Å². The Hall–Kier alpha value is -4.04. The predicted octanol–water partition coefficient (Wildman–Crippen LogP) is 3.36. The first-order valence-corrected chi connectivity index (χ1v) is 11.8. The van der Waals surface area contributed by atoms with Crippen LogP contribution in [-0.2, 0) is 20.1 Å². The number of halogens is 4. The molecule has 37 heavy (non-hydrogen) atoms. The van der Waals surface area contributed by atoms with Crippen molar-refractivity contribution in [2.45, 2.75) is 20.0 Å². The molecule has 15 heteroatoms. The molecule has 0 spiro atoms. The summed E-state index contributed by atoms with van der Waals surface area (Å²) < 4.78 is 49.2. The molecule has 0 aliphatic carbocycles. The number of nitrogens with zero attached hydrogens (tertiary/aromatic N) is 7. The Kier molecular flexibility index (Phi) is 6.29. The van der Waals surface area contributed by atoms with Crippen molar-refractivity contribution in [2.75, 3.05) is 5.32 Å². The average molecular weight is 549 g/mol. The van der Waals surface area contributed by atoms with Gasteiger partial charge in [0.15, 0.2) is 11.6 Å². The largest absolute Gasteiger partial charge is 0.355 e. The summed E-state index contributed by atoms with van der Waals surface area (Å²) >= 11 is 7.38. The number of fused-ring (bicyclic) bond motifs is 1. The van der Waals surface area contributed by atoms with Crippen LogP contribution in [0.1, 0.15) is 16.4 Å². The molecule has 0 radical (unpaired) electrons. The second-order valence-electron chi connectivity index (χ2n) is 8.08. The Balaban J connectivity index is 1.64. The molecular weight excluding hydrogens is 533 g/mol. The average Bonchev–Trinajstić information content (AvgIpc) is 3.40. The Morgan fingerprint density at radius 1 is 1.00 bits per heavy atom. The number of aromatic nitrogens is 7. The van der Waals surface area contributed by atoms with Gasteiger partial charge >= 0.3 is 11.4 Å². The third kappa shape index (κ3) is 4.84. The summed E-state index contributed by atoms with van der Waals surface area (Å²) in [6.45, 7) is 0.847. The number of hydrogen-bond donors (Lipinski definition) is 1. The van der Waals surface area contributed by atoms with Crippen molar-refractivity contribution < 1.29 is 13.2 Å². The number of benzene rings is 2. The zero-order chi connectivity index (χ0) is 26.4. The van der Waals surface area contributed by atoms with E-state index in [4.69, 9.17) is 11.6 Å². The SMILES string of the molecule is Cc1nsc(Cn2c(=O)nc(Nc3cc4cn(C)nc4cc3Cl)n(Cc3cc(F)c(F)cc3F)c2=O)n1. The van der Waals surface area contributed by atoms with Crippen LogP contribution in [0.2, 0.25) is 5.02 Å². The molecule has 5 aromatic rings. The lowest BCUT2D eigenvalue weighted by Crippen LogP contribution is -2.43. The zero-order valence-corrected chi connectivity index (χ0v) is 20.7. The summed E-state index contributed by atoms with van der Waals surface area (Å²) in [7, 11) is 1.73. The Labute approximate surface area is 214 Å². The summed E-state index contributed by atoms with van der Waals surface area (Å²) in [5.74, 6) is -3.57. The number of aryl methyl sites for hydroxylation is 2. The Morgan fingerprint density at radius 2 is 1.76 bits per heavy atom. The Morgan fingerprint density at radius 3 is 2.49 bits per heavy atom. The summed E-state index contributed by atoms with van der Waals surface area (Å²) in [6, 6.07) is 4.23. The summed E-state index contributed by atoms with van der Waals surface area (Å²) in [5, 5.41) is 8.38.